The van der Waals surface area contributed by atoms with Crippen LogP contribution in [0.3, 0.4) is 0 Å². The lowest BCUT2D eigenvalue weighted by atomic mass is 10.2. The van der Waals surface area contributed by atoms with E-state index >= 15 is 0 Å². The fourth-order valence-corrected chi connectivity index (χ4v) is 4.08. The monoisotopic (exact) mass is 521 g/mol. The normalized spacial score (nSPS) is 18.5. The van der Waals surface area contributed by atoms with Crippen LogP contribution in [0.25, 0.3) is 17.2 Å². The van der Waals surface area contributed by atoms with Crippen molar-refractivity contribution in [2.75, 3.05) is 12.4 Å². The Bertz CT molecular complexity index is 1840. The quantitative estimate of drug-likeness (QED) is 0.547. The molecule has 11 nitrogen and oxygen atoms in total. The highest BCUT2D eigenvalue weighted by atomic mass is 16.2. The Kier molecular flexibility index (Phi) is 6.87. The second-order valence-corrected chi connectivity index (χ2v) is 8.90. The SMILES string of the molecule is CNc1ccc(C=C2C=CC(C=C3C=CC(C=C4C=CC=N4)=N3)=N2)[nH]1.Cn1c(=O)c2c(ncn2C)n(C)c1=O. The third-order valence-electron chi connectivity index (χ3n) is 6.13. The van der Waals surface area contributed by atoms with Crippen LogP contribution in [-0.4, -0.2) is 48.4 Å². The molecule has 3 aliphatic rings. The summed E-state index contributed by atoms with van der Waals surface area (Å²) in [4.78, 5) is 43.8. The molecule has 3 aliphatic heterocycles. The average molecular weight is 522 g/mol. The van der Waals surface area contributed by atoms with E-state index in [4.69, 9.17) is 0 Å². The number of imidazole rings is 1. The van der Waals surface area contributed by atoms with Gasteiger partial charge in [-0.05, 0) is 66.8 Å². The largest absolute Gasteiger partial charge is 0.375 e. The predicted octanol–water partition coefficient (Wildman–Crippen LogP) is 2.80. The molecule has 0 fully saturated rings. The molecule has 0 spiro atoms. The summed E-state index contributed by atoms with van der Waals surface area (Å²) in [6, 6.07) is 4.01. The fourth-order valence-electron chi connectivity index (χ4n) is 4.08. The Morgan fingerprint density at radius 2 is 1.54 bits per heavy atom. The van der Waals surface area contributed by atoms with Crippen LogP contribution < -0.4 is 16.6 Å². The van der Waals surface area contributed by atoms with Gasteiger partial charge in [0.15, 0.2) is 11.2 Å². The molecule has 0 aliphatic carbocycles. The van der Waals surface area contributed by atoms with Crippen LogP contribution in [0.15, 0.2) is 109 Å². The molecular formula is C28H27N9O2. The summed E-state index contributed by atoms with van der Waals surface area (Å²) in [7, 11) is 6.66. The van der Waals surface area contributed by atoms with E-state index in [1.165, 1.54) is 17.9 Å². The zero-order valence-electron chi connectivity index (χ0n) is 22.0. The summed E-state index contributed by atoms with van der Waals surface area (Å²) < 4.78 is 4.04. The molecule has 0 atom stereocenters. The molecule has 3 aromatic rings. The van der Waals surface area contributed by atoms with Gasteiger partial charge < -0.3 is 14.9 Å². The highest BCUT2D eigenvalue weighted by Gasteiger charge is 2.12. The van der Waals surface area contributed by atoms with E-state index in [1.54, 1.807) is 24.9 Å². The Morgan fingerprint density at radius 1 is 0.846 bits per heavy atom. The Hall–Kier alpha value is -5.32. The molecule has 0 saturated carbocycles. The van der Waals surface area contributed by atoms with E-state index in [0.717, 1.165) is 44.6 Å². The molecule has 0 radical (unpaired) electrons. The third-order valence-corrected chi connectivity index (χ3v) is 6.13. The first-order valence-electron chi connectivity index (χ1n) is 12.2. The zero-order valence-corrected chi connectivity index (χ0v) is 22.0. The van der Waals surface area contributed by atoms with Gasteiger partial charge >= 0.3 is 5.69 Å². The molecule has 39 heavy (non-hydrogen) atoms. The molecule has 0 amide bonds. The summed E-state index contributed by atoms with van der Waals surface area (Å²) in [5, 5.41) is 3.07. The first-order chi connectivity index (χ1) is 18.8. The number of hydrogen-bond donors (Lipinski definition) is 2. The third kappa shape index (κ3) is 5.37. The lowest BCUT2D eigenvalue weighted by Gasteiger charge is -2.02. The number of H-pyrrole nitrogens is 1. The van der Waals surface area contributed by atoms with E-state index in [9.17, 15) is 9.59 Å². The first kappa shape index (κ1) is 25.3. The first-order valence-corrected chi connectivity index (χ1v) is 12.2. The van der Waals surface area contributed by atoms with Crippen molar-refractivity contribution in [2.45, 2.75) is 0 Å². The molecular weight excluding hydrogens is 494 g/mol. The van der Waals surface area contributed by atoms with Crippen molar-refractivity contribution in [2.24, 2.45) is 36.1 Å². The molecule has 0 aromatic carbocycles. The van der Waals surface area contributed by atoms with E-state index in [2.05, 4.69) is 30.3 Å². The molecule has 6 heterocycles. The molecule has 0 bridgehead atoms. The topological polar surface area (TPSA) is 127 Å². The van der Waals surface area contributed by atoms with Gasteiger partial charge in [-0.2, -0.15) is 0 Å². The summed E-state index contributed by atoms with van der Waals surface area (Å²) in [6.45, 7) is 0. The number of aliphatic imine (C=N–C) groups is 3. The maximum absolute atomic E-state index is 11.7. The number of hydrogen-bond acceptors (Lipinski definition) is 7. The highest BCUT2D eigenvalue weighted by molar-refractivity contribution is 6.11. The van der Waals surface area contributed by atoms with Crippen molar-refractivity contribution in [3.63, 3.8) is 0 Å². The van der Waals surface area contributed by atoms with Crippen molar-refractivity contribution < 1.29 is 0 Å². The van der Waals surface area contributed by atoms with Crippen LogP contribution >= 0.6 is 0 Å². The van der Waals surface area contributed by atoms with Gasteiger partial charge in [-0.1, -0.05) is 0 Å². The summed E-state index contributed by atoms with van der Waals surface area (Å²) >= 11 is 0. The number of aryl methyl sites for hydroxylation is 2. The predicted molar refractivity (Wildman–Crippen MR) is 156 cm³/mol. The Labute approximate surface area is 223 Å². The molecule has 2 N–H and O–H groups in total. The lowest BCUT2D eigenvalue weighted by Crippen LogP contribution is -2.37. The van der Waals surface area contributed by atoms with E-state index < -0.39 is 0 Å². The number of nitrogens with one attached hydrogen (secondary N) is 2. The van der Waals surface area contributed by atoms with Crippen LogP contribution in [0.5, 0.6) is 0 Å². The highest BCUT2D eigenvalue weighted by Crippen LogP contribution is 2.18. The number of nitrogens with zero attached hydrogens (tertiary/aromatic N) is 7. The van der Waals surface area contributed by atoms with E-state index in [-0.39, 0.29) is 11.2 Å². The second kappa shape index (κ2) is 10.6. The molecule has 3 aromatic heterocycles. The minimum absolute atomic E-state index is 0.317. The average Bonchev–Trinajstić information content (AvgIpc) is 3.76. The maximum atomic E-state index is 11.7. The van der Waals surface area contributed by atoms with Gasteiger partial charge in [-0.25, -0.2) is 19.8 Å². The summed E-state index contributed by atoms with van der Waals surface area (Å²) in [5.41, 5.74) is 5.70. The standard InChI is InChI=1S/C20H17N5.C8H10N4O2/c1-21-20-9-8-19(25-20)13-18-7-6-17(24-18)12-16-5-4-15(23-16)11-14-3-2-10-22-14;1-10-4-9-6-5(10)7(13)12(3)8(14)11(6)2/h2-13,21,25H,1H3;4H,1-3H3. The second-order valence-electron chi connectivity index (χ2n) is 8.90. The van der Waals surface area contributed by atoms with Gasteiger partial charge in [-0.15, -0.1) is 0 Å². The summed E-state index contributed by atoms with van der Waals surface area (Å²) in [5.74, 6) is 0.980. The number of anilines is 1. The van der Waals surface area contributed by atoms with Gasteiger partial charge in [-0.3, -0.25) is 18.9 Å². The van der Waals surface area contributed by atoms with Crippen LogP contribution in [-0.2, 0) is 21.1 Å². The van der Waals surface area contributed by atoms with Gasteiger partial charge in [0.05, 0.1) is 34.8 Å². The van der Waals surface area contributed by atoms with E-state index in [0.29, 0.717) is 11.2 Å². The zero-order chi connectivity index (χ0) is 27.5. The van der Waals surface area contributed by atoms with Crippen molar-refractivity contribution in [1.29, 1.82) is 0 Å². The number of rotatable bonds is 4. The number of fused-ring (bicyclic) bond motifs is 1. The van der Waals surface area contributed by atoms with Crippen molar-refractivity contribution in [3.8, 4) is 0 Å². The van der Waals surface area contributed by atoms with Crippen LogP contribution in [0.2, 0.25) is 0 Å². The number of aromatic nitrogens is 5. The van der Waals surface area contributed by atoms with Gasteiger partial charge in [0.1, 0.15) is 5.82 Å². The van der Waals surface area contributed by atoms with Gasteiger partial charge in [0.25, 0.3) is 5.56 Å². The molecule has 0 saturated heterocycles. The Morgan fingerprint density at radius 3 is 2.18 bits per heavy atom. The maximum Gasteiger partial charge on any atom is 0.332 e. The van der Waals surface area contributed by atoms with Crippen LogP contribution in [0, 0.1) is 0 Å². The molecule has 0 unspecified atom stereocenters. The molecule has 196 valence electrons. The Balaban J connectivity index is 0.000000186. The van der Waals surface area contributed by atoms with Crippen LogP contribution in [0.4, 0.5) is 5.82 Å². The fraction of sp³-hybridized carbons (Fsp3) is 0.143. The van der Waals surface area contributed by atoms with Gasteiger partial charge in [0.2, 0.25) is 0 Å². The van der Waals surface area contributed by atoms with Crippen molar-refractivity contribution in [1.82, 2.24) is 23.7 Å². The summed E-state index contributed by atoms with van der Waals surface area (Å²) in [6.07, 6.45) is 21.1. The minimum Gasteiger partial charge on any atom is -0.375 e. The smallest absolute Gasteiger partial charge is 0.332 e. The van der Waals surface area contributed by atoms with Gasteiger partial charge in [0, 0.05) is 40.1 Å². The van der Waals surface area contributed by atoms with Crippen molar-refractivity contribution in [3.05, 3.63) is 111 Å². The van der Waals surface area contributed by atoms with Crippen molar-refractivity contribution >= 4 is 40.7 Å². The number of allylic oxidation sites excluding steroid dienone is 8. The van der Waals surface area contributed by atoms with E-state index in [1.807, 2.05) is 73.9 Å². The van der Waals surface area contributed by atoms with Crippen LogP contribution in [0.1, 0.15) is 5.69 Å². The minimum atomic E-state index is -0.360. The molecule has 11 heteroatoms. The molecule has 6 rings (SSSR count). The lowest BCUT2D eigenvalue weighted by molar-refractivity contribution is 0.705. The number of aromatic amines is 1.